The van der Waals surface area contributed by atoms with E-state index in [1.807, 2.05) is 12.1 Å². The fraction of sp³-hybridized carbons (Fsp3) is 0.118. The Hall–Kier alpha value is -2.71. The molecule has 0 saturated carbocycles. The zero-order valence-electron chi connectivity index (χ0n) is 12.2. The third-order valence-electron chi connectivity index (χ3n) is 2.95. The molecule has 0 N–H and O–H groups in total. The van der Waals surface area contributed by atoms with Gasteiger partial charge in [0.1, 0.15) is 5.75 Å². The van der Waals surface area contributed by atoms with Crippen molar-refractivity contribution in [1.29, 1.82) is 5.26 Å². The van der Waals surface area contributed by atoms with E-state index in [-0.39, 0.29) is 11.0 Å². The number of hydrogen-bond acceptors (Lipinski definition) is 4. The molecule has 0 unspecified atom stereocenters. The van der Waals surface area contributed by atoms with Crippen LogP contribution in [0.25, 0.3) is 0 Å². The van der Waals surface area contributed by atoms with Crippen LogP contribution in [0.1, 0.15) is 21.5 Å². The van der Waals surface area contributed by atoms with E-state index in [1.165, 1.54) is 6.07 Å². The van der Waals surface area contributed by atoms with Gasteiger partial charge in [-0.15, -0.1) is 0 Å². The van der Waals surface area contributed by atoms with Crippen molar-refractivity contribution in [2.75, 3.05) is 14.1 Å². The molecule has 0 aliphatic rings. The first-order valence-corrected chi connectivity index (χ1v) is 6.97. The first kappa shape index (κ1) is 15.7. The topological polar surface area (TPSA) is 53.3 Å². The van der Waals surface area contributed by atoms with Crippen molar-refractivity contribution in [3.63, 3.8) is 0 Å². The average Bonchev–Trinajstić information content (AvgIpc) is 2.55. The molecular formula is C17H14N2O2S. The lowest BCUT2D eigenvalue weighted by molar-refractivity contribution is 0.103. The number of nitrogens with zero attached hydrogens (tertiary/aromatic N) is 2. The lowest BCUT2D eigenvalue weighted by Gasteiger charge is -2.16. The van der Waals surface area contributed by atoms with Gasteiger partial charge in [0.25, 0.3) is 5.17 Å². The van der Waals surface area contributed by atoms with Crippen LogP contribution in [-0.4, -0.2) is 30.0 Å². The predicted molar refractivity (Wildman–Crippen MR) is 87.9 cm³/mol. The Morgan fingerprint density at radius 1 is 1.18 bits per heavy atom. The fourth-order valence-electron chi connectivity index (χ4n) is 1.80. The third-order valence-corrected chi connectivity index (χ3v) is 3.40. The van der Waals surface area contributed by atoms with Crippen LogP contribution in [0.3, 0.4) is 0 Å². The summed E-state index contributed by atoms with van der Waals surface area (Å²) >= 11 is 5.11. The number of hydrogen-bond donors (Lipinski definition) is 0. The highest BCUT2D eigenvalue weighted by Crippen LogP contribution is 2.24. The Morgan fingerprint density at radius 3 is 2.45 bits per heavy atom. The van der Waals surface area contributed by atoms with Crippen LogP contribution in [-0.2, 0) is 0 Å². The normalized spacial score (nSPS) is 9.68. The van der Waals surface area contributed by atoms with E-state index >= 15 is 0 Å². The van der Waals surface area contributed by atoms with Crippen molar-refractivity contribution in [3.05, 3.63) is 65.2 Å². The zero-order valence-corrected chi connectivity index (χ0v) is 13.1. The second-order valence-electron chi connectivity index (χ2n) is 4.78. The van der Waals surface area contributed by atoms with Crippen LogP contribution in [0.15, 0.2) is 48.5 Å². The highest BCUT2D eigenvalue weighted by Gasteiger charge is 2.17. The van der Waals surface area contributed by atoms with E-state index < -0.39 is 0 Å². The van der Waals surface area contributed by atoms with Crippen molar-refractivity contribution >= 4 is 23.2 Å². The monoisotopic (exact) mass is 310 g/mol. The molecule has 2 aromatic carbocycles. The van der Waals surface area contributed by atoms with Crippen LogP contribution in [0, 0.1) is 11.3 Å². The maximum Gasteiger partial charge on any atom is 0.264 e. The molecule has 0 bridgehead atoms. The largest absolute Gasteiger partial charge is 0.431 e. The summed E-state index contributed by atoms with van der Waals surface area (Å²) < 4.78 is 5.58. The molecule has 4 nitrogen and oxygen atoms in total. The fourth-order valence-corrected chi connectivity index (χ4v) is 1.89. The standard InChI is InChI=1S/C17H14N2O2S/c1-19(2)17(22)21-15-9-8-12(11-18)10-14(15)16(20)13-6-4-3-5-7-13/h3-10H,1-2H3. The lowest BCUT2D eigenvalue weighted by Crippen LogP contribution is -2.25. The molecule has 2 rings (SSSR count). The van der Waals surface area contributed by atoms with E-state index in [9.17, 15) is 4.79 Å². The molecule has 0 radical (unpaired) electrons. The Kier molecular flexibility index (Phi) is 4.87. The highest BCUT2D eigenvalue weighted by molar-refractivity contribution is 7.80. The number of thiocarbonyl (C=S) groups is 1. The second kappa shape index (κ2) is 6.83. The first-order chi connectivity index (χ1) is 10.5. The molecule has 0 fully saturated rings. The summed E-state index contributed by atoms with van der Waals surface area (Å²) in [5, 5.41) is 9.28. The number of rotatable bonds is 3. The van der Waals surface area contributed by atoms with Gasteiger partial charge in [0.15, 0.2) is 5.78 Å². The van der Waals surface area contributed by atoms with E-state index in [4.69, 9.17) is 22.2 Å². The molecule has 0 saturated heterocycles. The van der Waals surface area contributed by atoms with E-state index in [2.05, 4.69) is 0 Å². The van der Waals surface area contributed by atoms with Crippen LogP contribution < -0.4 is 4.74 Å². The Morgan fingerprint density at radius 2 is 1.86 bits per heavy atom. The van der Waals surface area contributed by atoms with Crippen molar-refractivity contribution in [1.82, 2.24) is 4.90 Å². The maximum absolute atomic E-state index is 12.6. The summed E-state index contributed by atoms with van der Waals surface area (Å²) in [6.45, 7) is 0. The van der Waals surface area contributed by atoms with Crippen molar-refractivity contribution in [2.24, 2.45) is 0 Å². The summed E-state index contributed by atoms with van der Waals surface area (Å²) in [6, 6.07) is 15.6. The molecule has 22 heavy (non-hydrogen) atoms. The van der Waals surface area contributed by atoms with Crippen molar-refractivity contribution in [2.45, 2.75) is 0 Å². The Balaban J connectivity index is 2.46. The van der Waals surface area contributed by atoms with Gasteiger partial charge in [-0.3, -0.25) is 4.79 Å². The zero-order chi connectivity index (χ0) is 16.1. The number of ketones is 1. The average molecular weight is 310 g/mol. The summed E-state index contributed by atoms with van der Waals surface area (Å²) in [5.41, 5.74) is 1.23. The van der Waals surface area contributed by atoms with Gasteiger partial charge in [-0.1, -0.05) is 30.3 Å². The molecule has 0 aromatic heterocycles. The Labute approximate surface area is 134 Å². The SMILES string of the molecule is CN(C)C(=S)Oc1ccc(C#N)cc1C(=O)c1ccccc1. The molecule has 110 valence electrons. The van der Waals surface area contributed by atoms with Gasteiger partial charge < -0.3 is 9.64 Å². The molecular weight excluding hydrogens is 296 g/mol. The smallest absolute Gasteiger partial charge is 0.264 e. The number of benzene rings is 2. The molecule has 0 spiro atoms. The van der Waals surface area contributed by atoms with Gasteiger partial charge in [-0.05, 0) is 30.4 Å². The van der Waals surface area contributed by atoms with Gasteiger partial charge in [-0.25, -0.2) is 0 Å². The minimum atomic E-state index is -0.214. The van der Waals surface area contributed by atoms with Gasteiger partial charge in [0.2, 0.25) is 0 Å². The molecule has 0 aliphatic heterocycles. The number of ether oxygens (including phenoxy) is 1. The summed E-state index contributed by atoms with van der Waals surface area (Å²) in [6.07, 6.45) is 0. The molecule has 0 amide bonds. The quantitative estimate of drug-likeness (QED) is 0.644. The van der Waals surface area contributed by atoms with E-state index in [1.54, 1.807) is 55.4 Å². The number of carbonyl (C=O) groups excluding carboxylic acids is 1. The molecule has 5 heteroatoms. The number of nitriles is 1. The molecule has 0 atom stereocenters. The predicted octanol–water partition coefficient (Wildman–Crippen LogP) is 3.01. The summed E-state index contributed by atoms with van der Waals surface area (Å²) in [7, 11) is 3.51. The van der Waals surface area contributed by atoms with Crippen molar-refractivity contribution < 1.29 is 9.53 Å². The third kappa shape index (κ3) is 3.48. The first-order valence-electron chi connectivity index (χ1n) is 6.56. The van der Waals surface area contributed by atoms with Crippen LogP contribution in [0.5, 0.6) is 5.75 Å². The minimum absolute atomic E-state index is 0.214. The molecule has 2 aromatic rings. The molecule has 0 heterocycles. The highest BCUT2D eigenvalue weighted by atomic mass is 32.1. The van der Waals surface area contributed by atoms with Gasteiger partial charge in [-0.2, -0.15) is 5.26 Å². The number of carbonyl (C=O) groups is 1. The lowest BCUT2D eigenvalue weighted by atomic mass is 10.0. The molecule has 0 aliphatic carbocycles. The van der Waals surface area contributed by atoms with Gasteiger partial charge in [0, 0.05) is 19.7 Å². The minimum Gasteiger partial charge on any atom is -0.431 e. The summed E-state index contributed by atoms with van der Waals surface area (Å²) in [5.74, 6) is 0.126. The van der Waals surface area contributed by atoms with E-state index in [0.717, 1.165) is 0 Å². The van der Waals surface area contributed by atoms with Crippen LogP contribution in [0.2, 0.25) is 0 Å². The second-order valence-corrected chi connectivity index (χ2v) is 5.13. The van der Waals surface area contributed by atoms with Crippen LogP contribution >= 0.6 is 12.2 Å². The summed E-state index contributed by atoms with van der Waals surface area (Å²) in [4.78, 5) is 14.3. The maximum atomic E-state index is 12.6. The Bertz CT molecular complexity index is 749. The van der Waals surface area contributed by atoms with Crippen molar-refractivity contribution in [3.8, 4) is 11.8 Å². The van der Waals surface area contributed by atoms with Crippen LogP contribution in [0.4, 0.5) is 0 Å². The van der Waals surface area contributed by atoms with Gasteiger partial charge in [0.05, 0.1) is 17.2 Å². The van der Waals surface area contributed by atoms with Gasteiger partial charge >= 0.3 is 0 Å². The van der Waals surface area contributed by atoms with E-state index in [0.29, 0.717) is 22.4 Å².